The molecule has 0 aliphatic heterocycles. The lowest BCUT2D eigenvalue weighted by Gasteiger charge is -2.35. The third kappa shape index (κ3) is 2.99. The van der Waals surface area contributed by atoms with Crippen LogP contribution in [-0.4, -0.2) is 40.7 Å². The van der Waals surface area contributed by atoms with Gasteiger partial charge in [0, 0.05) is 7.05 Å². The van der Waals surface area contributed by atoms with Crippen LogP contribution in [0.3, 0.4) is 0 Å². The molecule has 0 amide bonds. The van der Waals surface area contributed by atoms with Gasteiger partial charge in [-0.1, -0.05) is 24.5 Å². The topological polar surface area (TPSA) is 97.1 Å². The molecule has 0 aromatic carbocycles. The van der Waals surface area contributed by atoms with E-state index in [9.17, 15) is 13.5 Å². The molecule has 2 rings (SSSR count). The molecular weight excluding hydrogens is 336 g/mol. The lowest BCUT2D eigenvalue weighted by atomic mass is 9.83. The molecule has 1 fully saturated rings. The second-order valence-electron chi connectivity index (χ2n) is 4.91. The molecule has 1 aliphatic carbocycles. The Hall–Kier alpha value is -0.510. The maximum atomic E-state index is 12.4. The third-order valence-corrected chi connectivity index (χ3v) is 5.92. The van der Waals surface area contributed by atoms with Gasteiger partial charge in [-0.2, -0.15) is 0 Å². The second-order valence-corrected chi connectivity index (χ2v) is 7.26. The lowest BCUT2D eigenvalue weighted by Crippen LogP contribution is -2.52. The van der Waals surface area contributed by atoms with Crippen LogP contribution in [-0.2, 0) is 17.1 Å². The number of aliphatic hydroxyl groups is 1. The van der Waals surface area contributed by atoms with Gasteiger partial charge in [-0.25, -0.2) is 17.8 Å². The number of aryl methyl sites for hydroxylation is 1. The van der Waals surface area contributed by atoms with Gasteiger partial charge >= 0.3 is 0 Å². The number of nitrogens with one attached hydrogen (secondary N) is 1. The molecule has 0 unspecified atom stereocenters. The maximum absolute atomic E-state index is 12.4. The number of aromatic nitrogens is 3. The van der Waals surface area contributed by atoms with E-state index in [4.69, 9.17) is 0 Å². The van der Waals surface area contributed by atoms with E-state index in [1.807, 2.05) is 0 Å². The quantitative estimate of drug-likeness (QED) is 0.824. The summed E-state index contributed by atoms with van der Waals surface area (Å²) in [7, 11) is -2.25. The third-order valence-electron chi connectivity index (χ3n) is 3.46. The van der Waals surface area contributed by atoms with Crippen LogP contribution in [0.15, 0.2) is 9.63 Å². The van der Waals surface area contributed by atoms with E-state index >= 15 is 0 Å². The molecule has 0 radical (unpaired) electrons. The fourth-order valence-corrected chi connectivity index (χ4v) is 5.01. The predicted molar refractivity (Wildman–Crippen MR) is 71.9 cm³/mol. The zero-order chi connectivity index (χ0) is 14.1. The van der Waals surface area contributed by atoms with E-state index in [1.54, 1.807) is 0 Å². The summed E-state index contributed by atoms with van der Waals surface area (Å²) in [6.45, 7) is -0.199. The van der Waals surface area contributed by atoms with E-state index in [0.29, 0.717) is 12.8 Å². The number of sulfonamides is 1. The smallest absolute Gasteiger partial charge is 0.261 e. The van der Waals surface area contributed by atoms with Crippen LogP contribution >= 0.6 is 15.9 Å². The lowest BCUT2D eigenvalue weighted by molar-refractivity contribution is 0.142. The Bertz CT molecular complexity index is 532. The molecule has 108 valence electrons. The van der Waals surface area contributed by atoms with E-state index in [1.165, 1.54) is 11.7 Å². The molecule has 0 saturated heterocycles. The SMILES string of the molecule is Cn1nnc(Br)c1S(=O)(=O)NC1(CO)CCCCC1. The van der Waals surface area contributed by atoms with Gasteiger partial charge in [-0.05, 0) is 28.8 Å². The van der Waals surface area contributed by atoms with Crippen molar-refractivity contribution in [2.75, 3.05) is 6.61 Å². The predicted octanol–water partition coefficient (Wildman–Crippen LogP) is 0.551. The van der Waals surface area contributed by atoms with Gasteiger partial charge in [0.25, 0.3) is 10.0 Å². The minimum Gasteiger partial charge on any atom is -0.394 e. The minimum absolute atomic E-state index is 0.0223. The Morgan fingerprint density at radius 1 is 1.42 bits per heavy atom. The van der Waals surface area contributed by atoms with Gasteiger partial charge in [0.05, 0.1) is 12.1 Å². The van der Waals surface area contributed by atoms with Crippen molar-refractivity contribution in [3.63, 3.8) is 0 Å². The molecular formula is C10H17BrN4O3S. The summed E-state index contributed by atoms with van der Waals surface area (Å²) >= 11 is 3.08. The highest BCUT2D eigenvalue weighted by Crippen LogP contribution is 2.30. The zero-order valence-corrected chi connectivity index (χ0v) is 13.0. The number of nitrogens with zero attached hydrogens (tertiary/aromatic N) is 3. The monoisotopic (exact) mass is 352 g/mol. The van der Waals surface area contributed by atoms with Crippen LogP contribution in [0.5, 0.6) is 0 Å². The van der Waals surface area contributed by atoms with Crippen molar-refractivity contribution in [1.29, 1.82) is 0 Å². The maximum Gasteiger partial charge on any atom is 0.261 e. The van der Waals surface area contributed by atoms with Crippen LogP contribution in [0.25, 0.3) is 0 Å². The van der Waals surface area contributed by atoms with Crippen molar-refractivity contribution in [2.24, 2.45) is 7.05 Å². The molecule has 7 nitrogen and oxygen atoms in total. The zero-order valence-electron chi connectivity index (χ0n) is 10.6. The number of hydrogen-bond donors (Lipinski definition) is 2. The average molecular weight is 353 g/mol. The van der Waals surface area contributed by atoms with Crippen LogP contribution in [0.4, 0.5) is 0 Å². The molecule has 19 heavy (non-hydrogen) atoms. The van der Waals surface area contributed by atoms with Gasteiger partial charge in [-0.3, -0.25) is 0 Å². The molecule has 0 spiro atoms. The molecule has 1 aromatic heterocycles. The molecule has 1 aromatic rings. The normalized spacial score (nSPS) is 19.5. The van der Waals surface area contributed by atoms with E-state index in [2.05, 4.69) is 31.0 Å². The van der Waals surface area contributed by atoms with Gasteiger partial charge < -0.3 is 5.11 Å². The first-order chi connectivity index (χ1) is 8.90. The van der Waals surface area contributed by atoms with Gasteiger partial charge in [0.1, 0.15) is 0 Å². The Kier molecular flexibility index (Phi) is 4.29. The summed E-state index contributed by atoms with van der Waals surface area (Å²) < 4.78 is 28.8. The highest BCUT2D eigenvalue weighted by atomic mass is 79.9. The first kappa shape index (κ1) is 14.9. The summed E-state index contributed by atoms with van der Waals surface area (Å²) in [4.78, 5) is 0. The second kappa shape index (κ2) is 5.47. The van der Waals surface area contributed by atoms with Crippen molar-refractivity contribution in [3.05, 3.63) is 4.60 Å². The first-order valence-electron chi connectivity index (χ1n) is 6.10. The first-order valence-corrected chi connectivity index (χ1v) is 8.38. The minimum atomic E-state index is -3.77. The van der Waals surface area contributed by atoms with Crippen molar-refractivity contribution >= 4 is 26.0 Å². The summed E-state index contributed by atoms with van der Waals surface area (Å²) in [5.74, 6) is 0. The van der Waals surface area contributed by atoms with Gasteiger partial charge in [0.2, 0.25) is 5.03 Å². The highest BCUT2D eigenvalue weighted by molar-refractivity contribution is 9.10. The van der Waals surface area contributed by atoms with Gasteiger partial charge in [0.15, 0.2) is 4.60 Å². The Morgan fingerprint density at radius 2 is 2.05 bits per heavy atom. The number of halogens is 1. The summed E-state index contributed by atoms with van der Waals surface area (Å²) in [6.07, 6.45) is 4.18. The molecule has 2 N–H and O–H groups in total. The molecule has 0 atom stereocenters. The van der Waals surface area contributed by atoms with E-state index in [0.717, 1.165) is 19.3 Å². The number of aliphatic hydroxyl groups excluding tert-OH is 1. The van der Waals surface area contributed by atoms with Crippen molar-refractivity contribution in [1.82, 2.24) is 19.7 Å². The summed E-state index contributed by atoms with van der Waals surface area (Å²) in [5, 5.41) is 16.9. The fraction of sp³-hybridized carbons (Fsp3) is 0.800. The van der Waals surface area contributed by atoms with Crippen LogP contribution < -0.4 is 4.72 Å². The van der Waals surface area contributed by atoms with Crippen molar-refractivity contribution < 1.29 is 13.5 Å². The fourth-order valence-electron chi connectivity index (χ4n) is 2.46. The number of hydrogen-bond acceptors (Lipinski definition) is 5. The summed E-state index contributed by atoms with van der Waals surface area (Å²) in [6, 6.07) is 0. The molecule has 0 bridgehead atoms. The molecule has 1 saturated carbocycles. The van der Waals surface area contributed by atoms with E-state index in [-0.39, 0.29) is 16.2 Å². The Balaban J connectivity index is 2.30. The van der Waals surface area contributed by atoms with Crippen LogP contribution in [0, 0.1) is 0 Å². The highest BCUT2D eigenvalue weighted by Gasteiger charge is 2.38. The molecule has 9 heteroatoms. The van der Waals surface area contributed by atoms with Crippen LogP contribution in [0.2, 0.25) is 0 Å². The van der Waals surface area contributed by atoms with Gasteiger partial charge in [-0.15, -0.1) is 5.10 Å². The standard InChI is InChI=1S/C10H17BrN4O3S/c1-15-9(8(11)12-14-15)19(17,18)13-10(7-16)5-3-2-4-6-10/h13,16H,2-7H2,1H3. The van der Waals surface area contributed by atoms with Crippen molar-refractivity contribution in [2.45, 2.75) is 42.7 Å². The summed E-state index contributed by atoms with van der Waals surface area (Å²) in [5.41, 5.74) is -0.763. The molecule has 1 heterocycles. The molecule has 1 aliphatic rings. The van der Waals surface area contributed by atoms with E-state index < -0.39 is 15.6 Å². The Labute approximate surface area is 120 Å². The van der Waals surface area contributed by atoms with Crippen molar-refractivity contribution in [3.8, 4) is 0 Å². The van der Waals surface area contributed by atoms with Crippen LogP contribution in [0.1, 0.15) is 32.1 Å². The average Bonchev–Trinajstić information content (AvgIpc) is 2.70. The largest absolute Gasteiger partial charge is 0.394 e. The number of rotatable bonds is 4. The Morgan fingerprint density at radius 3 is 2.53 bits per heavy atom.